The van der Waals surface area contributed by atoms with E-state index in [2.05, 4.69) is 27.3 Å². The standard InChI is InChI=1S/C22H32N6O3/c1-15-13-31-10-9-28(15)20-11-18(22(29)6-3-16(4-7-22)14-30-2)17(12-23)21(26-20)25-19-5-8-24-27-19/h5,8,11-12,15-16,23,29H,3-4,6-7,9-10,13-14H2,1-2H3,(H2,24,25,26,27)/t15-,16?,22?/m1/s1. The van der Waals surface area contributed by atoms with Gasteiger partial charge in [0.15, 0.2) is 5.82 Å². The number of pyridine rings is 1. The third-order valence-corrected chi connectivity index (χ3v) is 6.43. The molecule has 9 nitrogen and oxygen atoms in total. The Kier molecular flexibility index (Phi) is 6.54. The minimum atomic E-state index is -1.01. The second-order valence-electron chi connectivity index (χ2n) is 8.57. The van der Waals surface area contributed by atoms with Gasteiger partial charge in [0.1, 0.15) is 11.6 Å². The molecular weight excluding hydrogens is 396 g/mol. The van der Waals surface area contributed by atoms with E-state index in [0.717, 1.165) is 30.8 Å². The SMILES string of the molecule is COCC1CCC(O)(c2cc(N3CCOC[C@H]3C)nc(Nc3cc[nH]n3)c2C=N)CC1. The Labute approximate surface area is 182 Å². The summed E-state index contributed by atoms with van der Waals surface area (Å²) in [6.07, 6.45) is 6.04. The van der Waals surface area contributed by atoms with Crippen LogP contribution in [0.15, 0.2) is 18.3 Å². The van der Waals surface area contributed by atoms with Crippen molar-refractivity contribution in [1.82, 2.24) is 15.2 Å². The van der Waals surface area contributed by atoms with E-state index in [1.54, 1.807) is 13.3 Å². The van der Waals surface area contributed by atoms with Crippen LogP contribution in [0.5, 0.6) is 0 Å². The minimum absolute atomic E-state index is 0.172. The Hall–Kier alpha value is -2.49. The number of nitrogens with one attached hydrogen (secondary N) is 3. The minimum Gasteiger partial charge on any atom is -0.385 e. The highest BCUT2D eigenvalue weighted by atomic mass is 16.5. The molecule has 4 N–H and O–H groups in total. The normalized spacial score (nSPS) is 26.6. The highest BCUT2D eigenvalue weighted by molar-refractivity contribution is 5.89. The molecule has 4 rings (SSSR count). The van der Waals surface area contributed by atoms with Crippen molar-refractivity contribution < 1.29 is 14.6 Å². The average Bonchev–Trinajstić information content (AvgIpc) is 3.28. The van der Waals surface area contributed by atoms with E-state index in [-0.39, 0.29) is 6.04 Å². The van der Waals surface area contributed by atoms with Crippen LogP contribution in [0.4, 0.5) is 17.5 Å². The van der Waals surface area contributed by atoms with Gasteiger partial charge in [-0.1, -0.05) is 0 Å². The molecule has 1 aliphatic heterocycles. The zero-order valence-corrected chi connectivity index (χ0v) is 18.2. The predicted molar refractivity (Wildman–Crippen MR) is 119 cm³/mol. The second kappa shape index (κ2) is 9.33. The summed E-state index contributed by atoms with van der Waals surface area (Å²) < 4.78 is 10.9. The summed E-state index contributed by atoms with van der Waals surface area (Å²) in [5, 5.41) is 30.0. The van der Waals surface area contributed by atoms with E-state index >= 15 is 0 Å². The van der Waals surface area contributed by atoms with Crippen molar-refractivity contribution in [1.29, 1.82) is 5.41 Å². The molecule has 2 aliphatic rings. The molecule has 31 heavy (non-hydrogen) atoms. The van der Waals surface area contributed by atoms with Gasteiger partial charge in [-0.2, -0.15) is 5.10 Å². The van der Waals surface area contributed by atoms with E-state index in [9.17, 15) is 5.11 Å². The van der Waals surface area contributed by atoms with E-state index < -0.39 is 5.60 Å². The van der Waals surface area contributed by atoms with E-state index in [1.165, 1.54) is 6.21 Å². The second-order valence-corrected chi connectivity index (χ2v) is 8.57. The molecule has 2 aromatic heterocycles. The molecule has 0 aromatic carbocycles. The van der Waals surface area contributed by atoms with Gasteiger partial charge in [0.2, 0.25) is 0 Å². The van der Waals surface area contributed by atoms with Gasteiger partial charge in [-0.15, -0.1) is 0 Å². The highest BCUT2D eigenvalue weighted by Gasteiger charge is 2.38. The third-order valence-electron chi connectivity index (χ3n) is 6.43. The van der Waals surface area contributed by atoms with Crippen LogP contribution in [0.3, 0.4) is 0 Å². The van der Waals surface area contributed by atoms with Crippen LogP contribution in [-0.4, -0.2) is 66.0 Å². The molecule has 2 aromatic rings. The Morgan fingerprint density at radius 2 is 2.26 bits per heavy atom. The van der Waals surface area contributed by atoms with Crippen molar-refractivity contribution in [2.45, 2.75) is 44.2 Å². The number of aromatic nitrogens is 3. The van der Waals surface area contributed by atoms with Crippen molar-refractivity contribution in [3.63, 3.8) is 0 Å². The van der Waals surface area contributed by atoms with E-state index in [4.69, 9.17) is 19.9 Å². The van der Waals surface area contributed by atoms with Crippen molar-refractivity contribution >= 4 is 23.7 Å². The Bertz CT molecular complexity index is 880. The zero-order valence-electron chi connectivity index (χ0n) is 18.2. The zero-order chi connectivity index (χ0) is 21.8. The maximum absolute atomic E-state index is 11.7. The Balaban J connectivity index is 1.75. The van der Waals surface area contributed by atoms with Crippen molar-refractivity contribution in [3.8, 4) is 0 Å². The van der Waals surface area contributed by atoms with Gasteiger partial charge in [0, 0.05) is 44.3 Å². The molecule has 1 atom stereocenters. The summed E-state index contributed by atoms with van der Waals surface area (Å²) in [4.78, 5) is 7.05. The van der Waals surface area contributed by atoms with Gasteiger partial charge >= 0.3 is 0 Å². The molecule has 3 heterocycles. The summed E-state index contributed by atoms with van der Waals surface area (Å²) in [6, 6.07) is 3.95. The van der Waals surface area contributed by atoms with Crippen LogP contribution in [0.2, 0.25) is 0 Å². The number of hydrogen-bond donors (Lipinski definition) is 4. The number of H-pyrrole nitrogens is 1. The third kappa shape index (κ3) is 4.58. The molecule has 0 spiro atoms. The number of nitrogens with zero attached hydrogens (tertiary/aromatic N) is 3. The highest BCUT2D eigenvalue weighted by Crippen LogP contribution is 2.43. The first-order valence-electron chi connectivity index (χ1n) is 10.9. The maximum atomic E-state index is 11.7. The number of aliphatic hydroxyl groups is 1. The van der Waals surface area contributed by atoms with Gasteiger partial charge in [-0.25, -0.2) is 4.98 Å². The van der Waals surface area contributed by atoms with Gasteiger partial charge < -0.3 is 30.2 Å². The largest absolute Gasteiger partial charge is 0.385 e. The molecule has 168 valence electrons. The number of methoxy groups -OCH3 is 1. The fourth-order valence-corrected chi connectivity index (χ4v) is 4.66. The molecule has 2 fully saturated rings. The monoisotopic (exact) mass is 428 g/mol. The van der Waals surface area contributed by atoms with Gasteiger partial charge in [-0.3, -0.25) is 5.10 Å². The smallest absolute Gasteiger partial charge is 0.153 e. The average molecular weight is 429 g/mol. The molecule has 0 radical (unpaired) electrons. The Morgan fingerprint density at radius 3 is 2.90 bits per heavy atom. The number of rotatable bonds is 7. The number of aromatic amines is 1. The molecule has 0 amide bonds. The van der Waals surface area contributed by atoms with Gasteiger partial charge in [-0.05, 0) is 50.2 Å². The van der Waals surface area contributed by atoms with Gasteiger partial charge in [0.25, 0.3) is 0 Å². The van der Waals surface area contributed by atoms with Crippen LogP contribution in [0, 0.1) is 11.3 Å². The topological polar surface area (TPSA) is 119 Å². The number of anilines is 3. The molecule has 0 unspecified atom stereocenters. The van der Waals surface area contributed by atoms with Crippen molar-refractivity contribution in [2.24, 2.45) is 5.92 Å². The van der Waals surface area contributed by atoms with Crippen molar-refractivity contribution in [2.75, 3.05) is 43.7 Å². The van der Waals surface area contributed by atoms with Crippen LogP contribution < -0.4 is 10.2 Å². The molecule has 1 saturated carbocycles. The first-order valence-corrected chi connectivity index (χ1v) is 10.9. The summed E-state index contributed by atoms with van der Waals surface area (Å²) >= 11 is 0. The summed E-state index contributed by atoms with van der Waals surface area (Å²) in [6.45, 7) is 4.82. The molecular formula is C22H32N6O3. The molecule has 1 saturated heterocycles. The first-order chi connectivity index (χ1) is 15.0. The molecule has 9 heteroatoms. The molecule has 0 bridgehead atoms. The first kappa shape index (κ1) is 21.7. The number of morpholine rings is 1. The number of hydrogen-bond acceptors (Lipinski definition) is 8. The lowest BCUT2D eigenvalue weighted by Gasteiger charge is -2.39. The fourth-order valence-electron chi connectivity index (χ4n) is 4.66. The van der Waals surface area contributed by atoms with Crippen LogP contribution in [0.1, 0.15) is 43.7 Å². The summed E-state index contributed by atoms with van der Waals surface area (Å²) in [7, 11) is 1.72. The Morgan fingerprint density at radius 1 is 1.45 bits per heavy atom. The molecule has 1 aliphatic carbocycles. The van der Waals surface area contributed by atoms with Gasteiger partial charge in [0.05, 0.1) is 24.9 Å². The lowest BCUT2D eigenvalue weighted by Crippen LogP contribution is -2.44. The fraction of sp³-hybridized carbons (Fsp3) is 0.591. The van der Waals surface area contributed by atoms with Crippen LogP contribution in [-0.2, 0) is 15.1 Å². The van der Waals surface area contributed by atoms with E-state index in [1.807, 2.05) is 12.1 Å². The lowest BCUT2D eigenvalue weighted by molar-refractivity contribution is -0.0246. The van der Waals surface area contributed by atoms with Crippen LogP contribution >= 0.6 is 0 Å². The van der Waals surface area contributed by atoms with Crippen molar-refractivity contribution in [3.05, 3.63) is 29.5 Å². The number of ether oxygens (including phenoxy) is 2. The quantitative estimate of drug-likeness (QED) is 0.501. The predicted octanol–water partition coefficient (Wildman–Crippen LogP) is 2.80. The lowest BCUT2D eigenvalue weighted by atomic mass is 9.74. The summed E-state index contributed by atoms with van der Waals surface area (Å²) in [5.74, 6) is 2.38. The summed E-state index contributed by atoms with van der Waals surface area (Å²) in [5.41, 5.74) is 0.340. The van der Waals surface area contributed by atoms with Crippen LogP contribution in [0.25, 0.3) is 0 Å². The van der Waals surface area contributed by atoms with E-state index in [0.29, 0.717) is 55.8 Å². The maximum Gasteiger partial charge on any atom is 0.153 e.